The lowest BCUT2D eigenvalue weighted by Crippen LogP contribution is -2.48. The summed E-state index contributed by atoms with van der Waals surface area (Å²) in [7, 11) is 1.78. The maximum Gasteiger partial charge on any atom is 0.244 e. The summed E-state index contributed by atoms with van der Waals surface area (Å²) in [5.74, 6) is -0.127. The van der Waals surface area contributed by atoms with Gasteiger partial charge in [-0.25, -0.2) is 0 Å². The van der Waals surface area contributed by atoms with Crippen molar-refractivity contribution >= 4 is 11.8 Å². The van der Waals surface area contributed by atoms with Gasteiger partial charge in [-0.1, -0.05) is 34.1 Å². The first-order valence-electron chi connectivity index (χ1n) is 6.26. The van der Waals surface area contributed by atoms with E-state index in [1.165, 1.54) is 0 Å². The number of carbonyl (C=O) groups is 2. The fraction of sp³-hybridized carbons (Fsp3) is 0.846. The number of likely N-dealkylation sites (N-methyl/N-ethyl adjacent to an activating group) is 1. The van der Waals surface area contributed by atoms with E-state index in [0.29, 0.717) is 0 Å². The highest BCUT2D eigenvalue weighted by molar-refractivity contribution is 5.89. The first kappa shape index (κ1) is 15.9. The number of nitrogens with one attached hydrogen (secondary N) is 1. The third kappa shape index (κ3) is 5.71. The number of hydrogen-bond donors (Lipinski definition) is 1. The van der Waals surface area contributed by atoms with Gasteiger partial charge in [0, 0.05) is 19.0 Å². The van der Waals surface area contributed by atoms with Crippen LogP contribution in [-0.2, 0) is 9.59 Å². The Labute approximate surface area is 105 Å². The maximum atomic E-state index is 11.9. The molecule has 0 aromatic rings. The summed E-state index contributed by atoms with van der Waals surface area (Å²) in [5, 5.41) is 2.75. The van der Waals surface area contributed by atoms with Gasteiger partial charge in [-0.15, -0.1) is 0 Å². The second kappa shape index (κ2) is 6.62. The highest BCUT2D eigenvalue weighted by Crippen LogP contribution is 2.13. The summed E-state index contributed by atoms with van der Waals surface area (Å²) in [6.07, 6.45) is 2.04. The van der Waals surface area contributed by atoms with Crippen molar-refractivity contribution in [2.75, 3.05) is 13.6 Å². The Kier molecular flexibility index (Phi) is 6.21. The molecule has 0 spiro atoms. The molecule has 0 aliphatic rings. The number of amides is 2. The zero-order valence-corrected chi connectivity index (χ0v) is 12.0. The standard InChI is InChI=1S/C13H26N2O2/c1-7-8-9-15(6)11(16)10(2)14-12(17)13(3,4)5/h10H,7-9H2,1-6H3,(H,14,17). The zero-order chi connectivity index (χ0) is 13.6. The van der Waals surface area contributed by atoms with Crippen molar-refractivity contribution < 1.29 is 9.59 Å². The van der Waals surface area contributed by atoms with Gasteiger partial charge in [-0.2, -0.15) is 0 Å². The first-order valence-corrected chi connectivity index (χ1v) is 6.26. The van der Waals surface area contributed by atoms with Crippen LogP contribution >= 0.6 is 0 Å². The number of unbranched alkanes of at least 4 members (excludes halogenated alkanes) is 1. The summed E-state index contributed by atoms with van der Waals surface area (Å²) in [6, 6.07) is -0.455. The molecule has 100 valence electrons. The number of carbonyl (C=O) groups excluding carboxylic acids is 2. The third-order valence-corrected chi connectivity index (χ3v) is 2.62. The van der Waals surface area contributed by atoms with Crippen molar-refractivity contribution in [3.63, 3.8) is 0 Å². The molecule has 0 aromatic carbocycles. The molecule has 0 saturated heterocycles. The van der Waals surface area contributed by atoms with Crippen LogP contribution in [0.4, 0.5) is 0 Å². The average molecular weight is 242 g/mol. The summed E-state index contributed by atoms with van der Waals surface area (Å²) < 4.78 is 0. The van der Waals surface area contributed by atoms with Crippen LogP contribution in [0.5, 0.6) is 0 Å². The quantitative estimate of drug-likeness (QED) is 0.799. The number of hydrogen-bond acceptors (Lipinski definition) is 2. The van der Waals surface area contributed by atoms with Crippen molar-refractivity contribution in [3.8, 4) is 0 Å². The van der Waals surface area contributed by atoms with Crippen LogP contribution in [0, 0.1) is 5.41 Å². The zero-order valence-electron chi connectivity index (χ0n) is 12.0. The van der Waals surface area contributed by atoms with Crippen molar-refractivity contribution in [1.82, 2.24) is 10.2 Å². The molecule has 2 amide bonds. The molecule has 0 fully saturated rings. The molecule has 0 heterocycles. The molecule has 17 heavy (non-hydrogen) atoms. The van der Waals surface area contributed by atoms with E-state index < -0.39 is 11.5 Å². The molecular weight excluding hydrogens is 216 g/mol. The van der Waals surface area contributed by atoms with Crippen molar-refractivity contribution in [3.05, 3.63) is 0 Å². The van der Waals surface area contributed by atoms with Crippen LogP contribution in [-0.4, -0.2) is 36.3 Å². The normalized spacial score (nSPS) is 13.1. The Balaban J connectivity index is 4.27. The molecule has 0 saturated carbocycles. The van der Waals surface area contributed by atoms with Gasteiger partial charge in [0.05, 0.1) is 0 Å². The SMILES string of the molecule is CCCCN(C)C(=O)C(C)NC(=O)C(C)(C)C. The van der Waals surface area contributed by atoms with Crippen molar-refractivity contribution in [1.29, 1.82) is 0 Å². The second-order valence-electron chi connectivity index (χ2n) is 5.56. The van der Waals surface area contributed by atoms with Crippen LogP contribution in [0.3, 0.4) is 0 Å². The van der Waals surface area contributed by atoms with Crippen molar-refractivity contribution in [2.24, 2.45) is 5.41 Å². The fourth-order valence-corrected chi connectivity index (χ4v) is 1.31. The van der Waals surface area contributed by atoms with E-state index in [1.54, 1.807) is 18.9 Å². The van der Waals surface area contributed by atoms with Crippen LogP contribution < -0.4 is 5.32 Å². The minimum absolute atomic E-state index is 0.0314. The summed E-state index contributed by atoms with van der Waals surface area (Å²) in [6.45, 7) is 10.1. The van der Waals surface area contributed by atoms with Gasteiger partial charge in [-0.3, -0.25) is 9.59 Å². The van der Waals surface area contributed by atoms with Crippen molar-refractivity contribution in [2.45, 2.75) is 53.5 Å². The molecule has 0 radical (unpaired) electrons. The molecule has 0 bridgehead atoms. The van der Waals surface area contributed by atoms with Crippen LogP contribution in [0.2, 0.25) is 0 Å². The topological polar surface area (TPSA) is 49.4 Å². The van der Waals surface area contributed by atoms with Gasteiger partial charge in [0.25, 0.3) is 0 Å². The Morgan fingerprint density at radius 3 is 2.24 bits per heavy atom. The third-order valence-electron chi connectivity index (χ3n) is 2.62. The Morgan fingerprint density at radius 2 is 1.82 bits per heavy atom. The van der Waals surface area contributed by atoms with Gasteiger partial charge >= 0.3 is 0 Å². The van der Waals surface area contributed by atoms with Crippen LogP contribution in [0.15, 0.2) is 0 Å². The van der Waals surface area contributed by atoms with Gasteiger partial charge in [-0.05, 0) is 13.3 Å². The fourth-order valence-electron chi connectivity index (χ4n) is 1.31. The summed E-state index contributed by atoms with van der Waals surface area (Å²) in [5.41, 5.74) is -0.462. The highest BCUT2D eigenvalue weighted by atomic mass is 16.2. The summed E-state index contributed by atoms with van der Waals surface area (Å²) in [4.78, 5) is 25.3. The van der Waals surface area contributed by atoms with E-state index >= 15 is 0 Å². The van der Waals surface area contributed by atoms with Gasteiger partial charge in [0.1, 0.15) is 6.04 Å². The largest absolute Gasteiger partial charge is 0.344 e. The Hall–Kier alpha value is -1.06. The molecule has 0 aliphatic carbocycles. The lowest BCUT2D eigenvalue weighted by atomic mass is 9.95. The minimum Gasteiger partial charge on any atom is -0.344 e. The van der Waals surface area contributed by atoms with Gasteiger partial charge in [0.15, 0.2) is 0 Å². The molecule has 0 aromatic heterocycles. The average Bonchev–Trinajstić information content (AvgIpc) is 2.23. The molecule has 4 heteroatoms. The highest BCUT2D eigenvalue weighted by Gasteiger charge is 2.26. The maximum absolute atomic E-state index is 11.9. The first-order chi connectivity index (χ1) is 7.70. The predicted octanol–water partition coefficient (Wildman–Crippen LogP) is 1.80. The van der Waals surface area contributed by atoms with E-state index in [4.69, 9.17) is 0 Å². The molecular formula is C13H26N2O2. The van der Waals surface area contributed by atoms with E-state index in [0.717, 1.165) is 19.4 Å². The number of rotatable bonds is 5. The Morgan fingerprint density at radius 1 is 1.29 bits per heavy atom. The monoisotopic (exact) mass is 242 g/mol. The minimum atomic E-state index is -0.462. The molecule has 4 nitrogen and oxygen atoms in total. The van der Waals surface area contributed by atoms with Gasteiger partial charge in [0.2, 0.25) is 11.8 Å². The smallest absolute Gasteiger partial charge is 0.244 e. The van der Waals surface area contributed by atoms with Gasteiger partial charge < -0.3 is 10.2 Å². The molecule has 0 rings (SSSR count). The molecule has 1 atom stereocenters. The van der Waals surface area contributed by atoms with E-state index in [2.05, 4.69) is 12.2 Å². The predicted molar refractivity (Wildman–Crippen MR) is 69.6 cm³/mol. The van der Waals surface area contributed by atoms with Crippen LogP contribution in [0.25, 0.3) is 0 Å². The lowest BCUT2D eigenvalue weighted by Gasteiger charge is -2.25. The van der Waals surface area contributed by atoms with E-state index in [1.807, 2.05) is 20.8 Å². The lowest BCUT2D eigenvalue weighted by molar-refractivity contribution is -0.137. The Bertz CT molecular complexity index is 269. The van der Waals surface area contributed by atoms with E-state index in [9.17, 15) is 9.59 Å². The molecule has 1 N–H and O–H groups in total. The number of nitrogens with zero attached hydrogens (tertiary/aromatic N) is 1. The van der Waals surface area contributed by atoms with Crippen LogP contribution in [0.1, 0.15) is 47.5 Å². The second-order valence-corrected chi connectivity index (χ2v) is 5.56. The van der Waals surface area contributed by atoms with E-state index in [-0.39, 0.29) is 11.8 Å². The molecule has 1 unspecified atom stereocenters. The molecule has 0 aliphatic heterocycles. The summed E-state index contributed by atoms with van der Waals surface area (Å²) >= 11 is 0.